The van der Waals surface area contributed by atoms with Gasteiger partial charge in [0, 0.05) is 21.3 Å². The van der Waals surface area contributed by atoms with E-state index in [9.17, 15) is 0 Å². The molecule has 0 bridgehead atoms. The molecule has 0 saturated carbocycles. The number of thiophene rings is 1. The Labute approximate surface area is 126 Å². The maximum Gasteiger partial charge on any atom is 0.106 e. The van der Waals surface area contributed by atoms with Crippen molar-refractivity contribution < 1.29 is 0 Å². The number of rotatable bonds is 3. The van der Waals surface area contributed by atoms with Crippen molar-refractivity contribution in [2.45, 2.75) is 6.54 Å². The molecule has 0 spiro atoms. The van der Waals surface area contributed by atoms with Crippen molar-refractivity contribution in [3.05, 3.63) is 43.5 Å². The maximum absolute atomic E-state index is 6.23. The average Bonchev–Trinajstić information content (AvgIpc) is 2.96. The molecule has 0 unspecified atom stereocenters. The first-order valence-corrected chi connectivity index (χ1v) is 8.15. The summed E-state index contributed by atoms with van der Waals surface area (Å²) in [5, 5.41) is 6.16. The van der Waals surface area contributed by atoms with Crippen LogP contribution in [0.1, 0.15) is 4.88 Å². The first-order valence-electron chi connectivity index (χ1n) is 5.22. The first-order chi connectivity index (χ1) is 8.74. The molecule has 92 valence electrons. The molecule has 3 aromatic rings. The van der Waals surface area contributed by atoms with Crippen LogP contribution in [0.2, 0.25) is 5.02 Å². The second-order valence-electron chi connectivity index (χ2n) is 3.71. The van der Waals surface area contributed by atoms with E-state index >= 15 is 0 Å². The maximum atomic E-state index is 6.23. The fourth-order valence-corrected chi connectivity index (χ4v) is 3.99. The number of hydrogen-bond donors (Lipinski definition) is 1. The summed E-state index contributed by atoms with van der Waals surface area (Å²) < 4.78 is 2.26. The highest BCUT2D eigenvalue weighted by molar-refractivity contribution is 9.10. The summed E-state index contributed by atoms with van der Waals surface area (Å²) in [6.07, 6.45) is 0. The van der Waals surface area contributed by atoms with E-state index in [2.05, 4.69) is 37.7 Å². The third-order valence-corrected chi connectivity index (χ3v) is 5.32. The third kappa shape index (κ3) is 2.40. The minimum atomic E-state index is 0.712. The molecule has 2 nitrogen and oxygen atoms in total. The van der Waals surface area contributed by atoms with Crippen LogP contribution in [-0.2, 0) is 6.54 Å². The Kier molecular flexibility index (Phi) is 3.56. The second-order valence-corrected chi connectivity index (χ2v) is 6.91. The lowest BCUT2D eigenvalue weighted by Crippen LogP contribution is -1.98. The van der Waals surface area contributed by atoms with Crippen LogP contribution in [0.3, 0.4) is 0 Å². The van der Waals surface area contributed by atoms with Gasteiger partial charge in [-0.2, -0.15) is 0 Å². The van der Waals surface area contributed by atoms with Gasteiger partial charge in [-0.1, -0.05) is 11.6 Å². The Bertz CT molecular complexity index is 692. The van der Waals surface area contributed by atoms with Crippen LogP contribution in [0.5, 0.6) is 0 Å². The minimum Gasteiger partial charge on any atom is -0.377 e. The molecule has 18 heavy (non-hydrogen) atoms. The van der Waals surface area contributed by atoms with Gasteiger partial charge in [-0.25, -0.2) is 4.98 Å². The number of halogens is 2. The third-order valence-electron chi connectivity index (χ3n) is 2.51. The molecule has 1 N–H and O–H groups in total. The summed E-state index contributed by atoms with van der Waals surface area (Å²) in [5.41, 5.74) is 3.71. The molecule has 2 aromatic heterocycles. The summed E-state index contributed by atoms with van der Waals surface area (Å²) in [5.74, 6) is 0. The van der Waals surface area contributed by atoms with Gasteiger partial charge in [-0.3, -0.25) is 0 Å². The Morgan fingerprint density at radius 1 is 1.33 bits per heavy atom. The van der Waals surface area contributed by atoms with Crippen LogP contribution >= 0.6 is 50.2 Å². The molecule has 1 aromatic carbocycles. The van der Waals surface area contributed by atoms with Gasteiger partial charge in [0.1, 0.15) is 5.52 Å². The molecule has 0 atom stereocenters. The Balaban J connectivity index is 1.89. The van der Waals surface area contributed by atoms with Gasteiger partial charge in [-0.15, -0.1) is 22.7 Å². The van der Waals surface area contributed by atoms with E-state index in [0.717, 1.165) is 26.9 Å². The van der Waals surface area contributed by atoms with Gasteiger partial charge < -0.3 is 5.32 Å². The summed E-state index contributed by atoms with van der Waals surface area (Å²) in [6, 6.07) is 6.02. The highest BCUT2D eigenvalue weighted by atomic mass is 79.9. The normalized spacial score (nSPS) is 11.0. The lowest BCUT2D eigenvalue weighted by atomic mass is 10.3. The minimum absolute atomic E-state index is 0.712. The van der Waals surface area contributed by atoms with Gasteiger partial charge in [0.05, 0.1) is 20.9 Å². The van der Waals surface area contributed by atoms with Gasteiger partial charge in [0.15, 0.2) is 0 Å². The van der Waals surface area contributed by atoms with Crippen LogP contribution in [0.4, 0.5) is 5.69 Å². The predicted molar refractivity (Wildman–Crippen MR) is 84.0 cm³/mol. The van der Waals surface area contributed by atoms with Crippen LogP contribution in [0.25, 0.3) is 10.2 Å². The number of fused-ring (bicyclic) bond motifs is 1. The fourth-order valence-electron chi connectivity index (χ4n) is 1.70. The molecule has 0 radical (unpaired) electrons. The van der Waals surface area contributed by atoms with E-state index in [1.165, 1.54) is 4.88 Å². The van der Waals surface area contributed by atoms with E-state index < -0.39 is 0 Å². The highest BCUT2D eigenvalue weighted by Crippen LogP contribution is 2.33. The van der Waals surface area contributed by atoms with Gasteiger partial charge in [0.2, 0.25) is 0 Å². The molecule has 0 fully saturated rings. The smallest absolute Gasteiger partial charge is 0.106 e. The molecule has 6 heteroatoms. The first kappa shape index (κ1) is 12.4. The largest absolute Gasteiger partial charge is 0.377 e. The Morgan fingerprint density at radius 3 is 3.00 bits per heavy atom. The van der Waals surface area contributed by atoms with Crippen molar-refractivity contribution in [2.75, 3.05) is 5.32 Å². The number of benzene rings is 1. The molecular weight excluding hydrogens is 352 g/mol. The number of anilines is 1. The topological polar surface area (TPSA) is 24.9 Å². The molecule has 0 aliphatic rings. The standard InChI is InChI=1S/C12H8BrClN2S2/c13-7-3-8(17-5-7)4-15-11-9(14)1-2-10-12(11)16-6-18-10/h1-3,5-6,15H,4H2. The molecule has 0 saturated heterocycles. The SMILES string of the molecule is Clc1ccc2scnc2c1NCc1cc(Br)cs1. The summed E-state index contributed by atoms with van der Waals surface area (Å²) >= 11 is 13.0. The highest BCUT2D eigenvalue weighted by Gasteiger charge is 2.08. The van der Waals surface area contributed by atoms with Crippen molar-refractivity contribution in [1.82, 2.24) is 4.98 Å². The van der Waals surface area contributed by atoms with E-state index in [1.807, 2.05) is 17.6 Å². The summed E-state index contributed by atoms with van der Waals surface area (Å²) in [6.45, 7) is 0.757. The zero-order valence-corrected chi connectivity index (χ0v) is 13.1. The quantitative estimate of drug-likeness (QED) is 0.678. The molecule has 0 amide bonds. The van der Waals surface area contributed by atoms with Crippen LogP contribution < -0.4 is 5.32 Å². The average molecular weight is 360 g/mol. The Morgan fingerprint density at radius 2 is 2.22 bits per heavy atom. The van der Waals surface area contributed by atoms with Gasteiger partial charge >= 0.3 is 0 Å². The van der Waals surface area contributed by atoms with Crippen molar-refractivity contribution >= 4 is 66.1 Å². The number of hydrogen-bond acceptors (Lipinski definition) is 4. The lowest BCUT2D eigenvalue weighted by Gasteiger charge is -2.07. The fraction of sp³-hybridized carbons (Fsp3) is 0.0833. The van der Waals surface area contributed by atoms with E-state index in [0.29, 0.717) is 5.02 Å². The monoisotopic (exact) mass is 358 g/mol. The number of aromatic nitrogens is 1. The summed E-state index contributed by atoms with van der Waals surface area (Å²) in [4.78, 5) is 5.62. The van der Waals surface area contributed by atoms with Gasteiger partial charge in [0.25, 0.3) is 0 Å². The van der Waals surface area contributed by atoms with E-state index in [4.69, 9.17) is 11.6 Å². The van der Waals surface area contributed by atoms with Crippen molar-refractivity contribution in [3.8, 4) is 0 Å². The zero-order chi connectivity index (χ0) is 12.5. The molecular formula is C12H8BrClN2S2. The van der Waals surface area contributed by atoms with Crippen molar-refractivity contribution in [3.63, 3.8) is 0 Å². The molecule has 0 aliphatic carbocycles. The van der Waals surface area contributed by atoms with Crippen molar-refractivity contribution in [2.24, 2.45) is 0 Å². The van der Waals surface area contributed by atoms with Gasteiger partial charge in [-0.05, 0) is 34.1 Å². The molecule has 0 aliphatic heterocycles. The lowest BCUT2D eigenvalue weighted by molar-refractivity contribution is 1.19. The van der Waals surface area contributed by atoms with Crippen LogP contribution in [0.15, 0.2) is 33.6 Å². The van der Waals surface area contributed by atoms with Crippen LogP contribution in [0, 0.1) is 0 Å². The second kappa shape index (κ2) is 5.17. The molecule has 3 rings (SSSR count). The van der Waals surface area contributed by atoms with E-state index in [-0.39, 0.29) is 0 Å². The number of nitrogens with zero attached hydrogens (tertiary/aromatic N) is 1. The predicted octanol–water partition coefficient (Wildman–Crippen LogP) is 5.39. The van der Waals surface area contributed by atoms with Crippen LogP contribution in [-0.4, -0.2) is 4.98 Å². The summed E-state index contributed by atoms with van der Waals surface area (Å²) in [7, 11) is 0. The number of thiazole rings is 1. The van der Waals surface area contributed by atoms with Crippen molar-refractivity contribution in [1.29, 1.82) is 0 Å². The zero-order valence-electron chi connectivity index (χ0n) is 9.11. The Hall–Kier alpha value is -0.620. The number of nitrogens with one attached hydrogen (secondary N) is 1. The molecule has 2 heterocycles. The van der Waals surface area contributed by atoms with E-state index in [1.54, 1.807) is 22.7 Å².